The van der Waals surface area contributed by atoms with Crippen LogP contribution in [0.15, 0.2) is 60.9 Å². The van der Waals surface area contributed by atoms with Crippen LogP contribution in [-0.4, -0.2) is 4.98 Å². The van der Waals surface area contributed by atoms with E-state index >= 15 is 0 Å². The second kappa shape index (κ2) is 5.57. The van der Waals surface area contributed by atoms with Gasteiger partial charge in [0.25, 0.3) is 0 Å². The van der Waals surface area contributed by atoms with Crippen LogP contribution in [0.4, 0.5) is 5.69 Å². The quantitative estimate of drug-likeness (QED) is 0.698. The molecule has 0 fully saturated rings. The third kappa shape index (κ3) is 2.87. The Morgan fingerprint density at radius 1 is 1.05 bits per heavy atom. The summed E-state index contributed by atoms with van der Waals surface area (Å²) in [7, 11) is 0. The summed E-state index contributed by atoms with van der Waals surface area (Å²) in [5.41, 5.74) is 2.44. The first-order chi connectivity index (χ1) is 9.33. The minimum atomic E-state index is 0.832. The van der Waals surface area contributed by atoms with Gasteiger partial charge in [0, 0.05) is 39.0 Å². The lowest BCUT2D eigenvalue weighted by Crippen LogP contribution is -2.00. The van der Waals surface area contributed by atoms with Crippen molar-refractivity contribution in [2.45, 2.75) is 6.54 Å². The molecular weight excluding hydrogens is 347 g/mol. The zero-order chi connectivity index (χ0) is 13.1. The standard InChI is InChI=1S/C16H13IN2/c17-14-5-1-3-12(9-14)10-19-16-6-2-4-13-11-18-8-7-15(13)16/h1-9,11,19H,10H2. The SMILES string of the molecule is Ic1cccc(CNc2cccc3cnccc23)c1. The molecule has 0 aliphatic rings. The highest BCUT2D eigenvalue weighted by Crippen LogP contribution is 2.22. The van der Waals surface area contributed by atoms with E-state index in [1.54, 1.807) is 0 Å². The van der Waals surface area contributed by atoms with Crippen molar-refractivity contribution in [3.63, 3.8) is 0 Å². The fourth-order valence-corrected chi connectivity index (χ4v) is 2.73. The number of hydrogen-bond donors (Lipinski definition) is 1. The highest BCUT2D eigenvalue weighted by molar-refractivity contribution is 14.1. The number of hydrogen-bond acceptors (Lipinski definition) is 2. The van der Waals surface area contributed by atoms with E-state index in [9.17, 15) is 0 Å². The minimum absolute atomic E-state index is 0.832. The molecule has 1 heterocycles. The summed E-state index contributed by atoms with van der Waals surface area (Å²) in [5.74, 6) is 0. The van der Waals surface area contributed by atoms with Gasteiger partial charge in [-0.15, -0.1) is 0 Å². The van der Waals surface area contributed by atoms with Gasteiger partial charge in [0.1, 0.15) is 0 Å². The lowest BCUT2D eigenvalue weighted by atomic mass is 10.1. The molecule has 19 heavy (non-hydrogen) atoms. The van der Waals surface area contributed by atoms with Crippen molar-refractivity contribution in [1.29, 1.82) is 0 Å². The molecule has 3 aromatic rings. The number of halogens is 1. The first kappa shape index (κ1) is 12.4. The van der Waals surface area contributed by atoms with Gasteiger partial charge >= 0.3 is 0 Å². The van der Waals surface area contributed by atoms with Crippen LogP contribution < -0.4 is 5.32 Å². The molecule has 3 rings (SSSR count). The topological polar surface area (TPSA) is 24.9 Å². The highest BCUT2D eigenvalue weighted by atomic mass is 127. The van der Waals surface area contributed by atoms with E-state index in [0.29, 0.717) is 0 Å². The number of benzene rings is 2. The fraction of sp³-hybridized carbons (Fsp3) is 0.0625. The average molecular weight is 360 g/mol. The van der Waals surface area contributed by atoms with Gasteiger partial charge in [0.2, 0.25) is 0 Å². The summed E-state index contributed by atoms with van der Waals surface area (Å²) in [4.78, 5) is 4.16. The normalized spacial score (nSPS) is 10.6. The number of rotatable bonds is 3. The fourth-order valence-electron chi connectivity index (χ4n) is 2.12. The third-order valence-electron chi connectivity index (χ3n) is 3.05. The van der Waals surface area contributed by atoms with E-state index < -0.39 is 0 Å². The molecular formula is C16H13IN2. The Kier molecular flexibility index (Phi) is 3.64. The molecule has 0 unspecified atom stereocenters. The van der Waals surface area contributed by atoms with Crippen LogP contribution in [0.1, 0.15) is 5.56 Å². The third-order valence-corrected chi connectivity index (χ3v) is 3.72. The molecule has 94 valence electrons. The van der Waals surface area contributed by atoms with Crippen molar-refractivity contribution in [3.05, 3.63) is 70.1 Å². The second-order valence-electron chi connectivity index (χ2n) is 4.39. The second-order valence-corrected chi connectivity index (χ2v) is 5.63. The Balaban J connectivity index is 1.86. The van der Waals surface area contributed by atoms with E-state index in [4.69, 9.17) is 0 Å². The van der Waals surface area contributed by atoms with Crippen LogP contribution in [0.5, 0.6) is 0 Å². The van der Waals surface area contributed by atoms with E-state index in [1.807, 2.05) is 18.5 Å². The van der Waals surface area contributed by atoms with Crippen LogP contribution in [0.25, 0.3) is 10.8 Å². The monoisotopic (exact) mass is 360 g/mol. The van der Waals surface area contributed by atoms with Gasteiger partial charge in [-0.1, -0.05) is 24.3 Å². The lowest BCUT2D eigenvalue weighted by Gasteiger charge is -2.09. The molecule has 0 bridgehead atoms. The molecule has 0 amide bonds. The largest absolute Gasteiger partial charge is 0.380 e. The van der Waals surface area contributed by atoms with Crippen LogP contribution in [0.3, 0.4) is 0 Å². The van der Waals surface area contributed by atoms with Gasteiger partial charge in [-0.05, 0) is 52.4 Å². The number of anilines is 1. The van der Waals surface area contributed by atoms with Gasteiger partial charge in [-0.25, -0.2) is 0 Å². The molecule has 0 spiro atoms. The molecule has 0 aliphatic carbocycles. The number of nitrogens with zero attached hydrogens (tertiary/aromatic N) is 1. The maximum Gasteiger partial charge on any atom is 0.0423 e. The molecule has 0 atom stereocenters. The first-order valence-corrected chi connectivity index (χ1v) is 7.22. The summed E-state index contributed by atoms with van der Waals surface area (Å²) >= 11 is 2.34. The molecule has 2 aromatic carbocycles. The zero-order valence-electron chi connectivity index (χ0n) is 10.3. The maximum atomic E-state index is 4.16. The smallest absolute Gasteiger partial charge is 0.0423 e. The molecule has 2 nitrogen and oxygen atoms in total. The van der Waals surface area contributed by atoms with Gasteiger partial charge in [0.15, 0.2) is 0 Å². The molecule has 0 radical (unpaired) electrons. The molecule has 0 saturated carbocycles. The number of nitrogens with one attached hydrogen (secondary N) is 1. The Hall–Kier alpha value is -1.62. The minimum Gasteiger partial charge on any atom is -0.380 e. The number of pyridine rings is 1. The van der Waals surface area contributed by atoms with E-state index in [1.165, 1.54) is 14.5 Å². The Labute approximate surface area is 126 Å². The van der Waals surface area contributed by atoms with Crippen molar-refractivity contribution in [2.75, 3.05) is 5.32 Å². The predicted molar refractivity (Wildman–Crippen MR) is 88.2 cm³/mol. The van der Waals surface area contributed by atoms with Crippen LogP contribution >= 0.6 is 22.6 Å². The summed E-state index contributed by atoms with van der Waals surface area (Å²) in [5, 5.41) is 5.87. The van der Waals surface area contributed by atoms with Gasteiger partial charge in [-0.2, -0.15) is 0 Å². The zero-order valence-corrected chi connectivity index (χ0v) is 12.5. The molecule has 3 heteroatoms. The molecule has 1 N–H and O–H groups in total. The lowest BCUT2D eigenvalue weighted by molar-refractivity contribution is 1.15. The summed E-state index contributed by atoms with van der Waals surface area (Å²) in [6, 6.07) is 16.8. The van der Waals surface area contributed by atoms with E-state index in [-0.39, 0.29) is 0 Å². The predicted octanol–water partition coefficient (Wildman–Crippen LogP) is 4.45. The number of aromatic nitrogens is 1. The van der Waals surface area contributed by atoms with Crippen molar-refractivity contribution >= 4 is 39.1 Å². The summed E-state index contributed by atoms with van der Waals surface area (Å²) < 4.78 is 1.26. The van der Waals surface area contributed by atoms with Crippen molar-refractivity contribution in [1.82, 2.24) is 4.98 Å². The Bertz CT molecular complexity index is 704. The van der Waals surface area contributed by atoms with Gasteiger partial charge < -0.3 is 5.32 Å². The first-order valence-electron chi connectivity index (χ1n) is 6.14. The Morgan fingerprint density at radius 3 is 2.84 bits per heavy atom. The van der Waals surface area contributed by atoms with E-state index in [2.05, 4.69) is 75.4 Å². The molecule has 1 aromatic heterocycles. The van der Waals surface area contributed by atoms with Gasteiger partial charge in [0.05, 0.1) is 0 Å². The average Bonchev–Trinajstić information content (AvgIpc) is 2.45. The molecule has 0 aliphatic heterocycles. The maximum absolute atomic E-state index is 4.16. The highest BCUT2D eigenvalue weighted by Gasteiger charge is 2.00. The van der Waals surface area contributed by atoms with Crippen molar-refractivity contribution in [2.24, 2.45) is 0 Å². The summed E-state index contributed by atoms with van der Waals surface area (Å²) in [6.45, 7) is 0.832. The van der Waals surface area contributed by atoms with Crippen molar-refractivity contribution in [3.8, 4) is 0 Å². The Morgan fingerprint density at radius 2 is 1.95 bits per heavy atom. The van der Waals surface area contributed by atoms with Gasteiger partial charge in [-0.3, -0.25) is 4.98 Å². The van der Waals surface area contributed by atoms with Crippen LogP contribution in [0.2, 0.25) is 0 Å². The molecule has 0 saturated heterocycles. The summed E-state index contributed by atoms with van der Waals surface area (Å²) in [6.07, 6.45) is 3.73. The van der Waals surface area contributed by atoms with E-state index in [0.717, 1.165) is 17.6 Å². The van der Waals surface area contributed by atoms with Crippen molar-refractivity contribution < 1.29 is 0 Å². The van der Waals surface area contributed by atoms with Crippen LogP contribution in [-0.2, 0) is 6.54 Å². The van der Waals surface area contributed by atoms with Crippen LogP contribution in [0, 0.1) is 3.57 Å². The number of fused-ring (bicyclic) bond motifs is 1.